The first-order chi connectivity index (χ1) is 13.4. The Kier molecular flexibility index (Phi) is 9.13. The van der Waals surface area contributed by atoms with Crippen molar-refractivity contribution in [3.05, 3.63) is 29.3 Å². The summed E-state index contributed by atoms with van der Waals surface area (Å²) in [5, 5.41) is 0.487. The topological polar surface area (TPSA) is 79.4 Å². The Bertz CT molecular complexity index is 713. The van der Waals surface area contributed by atoms with Gasteiger partial charge in [0.2, 0.25) is 15.9 Å². The quantitative estimate of drug-likeness (QED) is 0.542. The van der Waals surface area contributed by atoms with Crippen molar-refractivity contribution < 1.29 is 22.7 Å². The van der Waals surface area contributed by atoms with Gasteiger partial charge >= 0.3 is 0 Å². The summed E-state index contributed by atoms with van der Waals surface area (Å²) in [5.41, 5.74) is 0. The van der Waals surface area contributed by atoms with Crippen LogP contribution >= 0.6 is 11.6 Å². The highest BCUT2D eigenvalue weighted by Crippen LogP contribution is 2.20. The second kappa shape index (κ2) is 11.1. The first-order valence-corrected chi connectivity index (χ1v) is 10.9. The van der Waals surface area contributed by atoms with Crippen molar-refractivity contribution in [1.82, 2.24) is 14.1 Å². The van der Waals surface area contributed by atoms with E-state index >= 15 is 0 Å². The molecule has 1 aromatic carbocycles. The molecule has 1 aliphatic rings. The van der Waals surface area contributed by atoms with Gasteiger partial charge in [0.25, 0.3) is 0 Å². The number of piperazine rings is 1. The minimum Gasteiger partial charge on any atom is -0.383 e. The van der Waals surface area contributed by atoms with Crippen molar-refractivity contribution >= 4 is 27.5 Å². The maximum absolute atomic E-state index is 12.7. The lowest BCUT2D eigenvalue weighted by Gasteiger charge is -2.35. The van der Waals surface area contributed by atoms with Gasteiger partial charge in [0.1, 0.15) is 0 Å². The molecule has 0 radical (unpaired) electrons. The van der Waals surface area contributed by atoms with Crippen molar-refractivity contribution in [2.75, 3.05) is 73.2 Å². The molecule has 1 aromatic rings. The number of methoxy groups -OCH3 is 2. The van der Waals surface area contributed by atoms with Crippen molar-refractivity contribution in [2.24, 2.45) is 0 Å². The summed E-state index contributed by atoms with van der Waals surface area (Å²) in [4.78, 5) is 16.5. The standard InChI is InChI=1S/C18H28ClN3O5S/c1-26-13-11-20(12-14-27-2)15-18(23)21-7-9-22(10-8-21)28(24,25)17-5-3-16(19)4-6-17/h3-6H,7-15H2,1-2H3. The van der Waals surface area contributed by atoms with Gasteiger partial charge in [0.05, 0.1) is 24.7 Å². The number of carbonyl (C=O) groups is 1. The average molecular weight is 434 g/mol. The number of rotatable bonds is 10. The third-order valence-corrected chi connectivity index (χ3v) is 6.79. The normalized spacial score (nSPS) is 15.9. The number of benzene rings is 1. The Morgan fingerprint density at radius 3 is 2.07 bits per heavy atom. The molecule has 1 heterocycles. The van der Waals surface area contributed by atoms with Gasteiger partial charge in [-0.2, -0.15) is 4.31 Å². The third-order valence-electron chi connectivity index (χ3n) is 4.62. The van der Waals surface area contributed by atoms with Crippen LogP contribution in [-0.4, -0.2) is 102 Å². The van der Waals surface area contributed by atoms with E-state index < -0.39 is 10.0 Å². The van der Waals surface area contributed by atoms with Crippen molar-refractivity contribution in [1.29, 1.82) is 0 Å². The Balaban J connectivity index is 1.91. The summed E-state index contributed by atoms with van der Waals surface area (Å²) in [6.45, 7) is 3.87. The summed E-state index contributed by atoms with van der Waals surface area (Å²) >= 11 is 5.83. The second-order valence-electron chi connectivity index (χ2n) is 6.50. The lowest BCUT2D eigenvalue weighted by atomic mass is 10.3. The molecule has 0 unspecified atom stereocenters. The lowest BCUT2D eigenvalue weighted by molar-refractivity contribution is -0.133. The van der Waals surface area contributed by atoms with Gasteiger partial charge in [-0.15, -0.1) is 0 Å². The highest BCUT2D eigenvalue weighted by molar-refractivity contribution is 7.89. The molecule has 0 aliphatic carbocycles. The molecule has 0 atom stereocenters. The molecule has 0 spiro atoms. The number of sulfonamides is 1. The maximum Gasteiger partial charge on any atom is 0.243 e. The van der Waals surface area contributed by atoms with Gasteiger partial charge in [-0.25, -0.2) is 8.42 Å². The number of nitrogens with zero attached hydrogens (tertiary/aromatic N) is 3. The minimum atomic E-state index is -3.58. The predicted molar refractivity (Wildman–Crippen MR) is 107 cm³/mol. The van der Waals surface area contributed by atoms with Gasteiger partial charge in [-0.1, -0.05) is 11.6 Å². The highest BCUT2D eigenvalue weighted by Gasteiger charge is 2.30. The van der Waals surface area contributed by atoms with E-state index in [4.69, 9.17) is 21.1 Å². The fourth-order valence-electron chi connectivity index (χ4n) is 2.94. The van der Waals surface area contributed by atoms with E-state index in [0.29, 0.717) is 44.4 Å². The molecule has 0 bridgehead atoms. The van der Waals surface area contributed by atoms with Crippen LogP contribution in [0.4, 0.5) is 0 Å². The summed E-state index contributed by atoms with van der Waals surface area (Å²) in [6, 6.07) is 6.11. The Morgan fingerprint density at radius 1 is 1.04 bits per heavy atom. The van der Waals surface area contributed by atoms with E-state index in [1.807, 2.05) is 4.90 Å². The van der Waals surface area contributed by atoms with Gasteiger partial charge in [-0.05, 0) is 24.3 Å². The van der Waals surface area contributed by atoms with Crippen molar-refractivity contribution in [2.45, 2.75) is 4.90 Å². The van der Waals surface area contributed by atoms with Crippen LogP contribution in [0.5, 0.6) is 0 Å². The van der Waals surface area contributed by atoms with Crippen LogP contribution in [0.2, 0.25) is 5.02 Å². The molecular formula is C18H28ClN3O5S. The largest absolute Gasteiger partial charge is 0.383 e. The Morgan fingerprint density at radius 2 is 1.57 bits per heavy atom. The summed E-state index contributed by atoms with van der Waals surface area (Å²) in [7, 11) is -0.338. The van der Waals surface area contributed by atoms with Gasteiger partial charge < -0.3 is 14.4 Å². The molecule has 1 amide bonds. The van der Waals surface area contributed by atoms with Crippen LogP contribution < -0.4 is 0 Å². The average Bonchev–Trinajstić information content (AvgIpc) is 2.70. The van der Waals surface area contributed by atoms with E-state index in [0.717, 1.165) is 0 Å². The molecule has 1 saturated heterocycles. The SMILES string of the molecule is COCCN(CCOC)CC(=O)N1CCN(S(=O)(=O)c2ccc(Cl)cc2)CC1. The Hall–Kier alpha value is -1.23. The van der Waals surface area contributed by atoms with Gasteiger partial charge in [0.15, 0.2) is 0 Å². The molecule has 1 aliphatic heterocycles. The minimum absolute atomic E-state index is 0.0178. The molecule has 8 nitrogen and oxygen atoms in total. The van der Waals surface area contributed by atoms with E-state index in [1.165, 1.54) is 16.4 Å². The summed E-state index contributed by atoms with van der Waals surface area (Å²) in [5.74, 6) is -0.0178. The zero-order chi connectivity index (χ0) is 20.6. The fraction of sp³-hybridized carbons (Fsp3) is 0.611. The number of hydrogen-bond donors (Lipinski definition) is 0. The molecule has 1 fully saturated rings. The molecule has 158 valence electrons. The molecule has 28 heavy (non-hydrogen) atoms. The van der Waals surface area contributed by atoms with Crippen LogP contribution in [0.15, 0.2) is 29.2 Å². The fourth-order valence-corrected chi connectivity index (χ4v) is 4.48. The smallest absolute Gasteiger partial charge is 0.243 e. The number of amides is 1. The first kappa shape index (κ1) is 23.1. The lowest BCUT2D eigenvalue weighted by Crippen LogP contribution is -2.52. The monoisotopic (exact) mass is 433 g/mol. The molecule has 0 aromatic heterocycles. The number of hydrogen-bond acceptors (Lipinski definition) is 6. The number of carbonyl (C=O) groups excluding carboxylic acids is 1. The molecule has 0 saturated carbocycles. The second-order valence-corrected chi connectivity index (χ2v) is 8.87. The van der Waals surface area contributed by atoms with Crippen LogP contribution in [-0.2, 0) is 24.3 Å². The highest BCUT2D eigenvalue weighted by atomic mass is 35.5. The van der Waals surface area contributed by atoms with Crippen LogP contribution in [0.3, 0.4) is 0 Å². The van der Waals surface area contributed by atoms with E-state index in [9.17, 15) is 13.2 Å². The summed E-state index contributed by atoms with van der Waals surface area (Å²) < 4.78 is 37.1. The first-order valence-electron chi connectivity index (χ1n) is 9.12. The maximum atomic E-state index is 12.7. The van der Waals surface area contributed by atoms with Crippen LogP contribution in [0, 0.1) is 0 Å². The number of halogens is 1. The molecular weight excluding hydrogens is 406 g/mol. The number of ether oxygens (including phenoxy) is 2. The van der Waals surface area contributed by atoms with Gasteiger partial charge in [-0.3, -0.25) is 9.69 Å². The molecule has 2 rings (SSSR count). The molecule has 10 heteroatoms. The Labute approximate surface area is 172 Å². The van der Waals surface area contributed by atoms with E-state index in [-0.39, 0.29) is 30.4 Å². The van der Waals surface area contributed by atoms with Crippen LogP contribution in [0.1, 0.15) is 0 Å². The van der Waals surface area contributed by atoms with Crippen molar-refractivity contribution in [3.8, 4) is 0 Å². The third kappa shape index (κ3) is 6.40. The predicted octanol–water partition coefficient (Wildman–Crippen LogP) is 0.768. The van der Waals surface area contributed by atoms with Gasteiger partial charge in [0, 0.05) is 58.5 Å². The van der Waals surface area contributed by atoms with Crippen molar-refractivity contribution in [3.63, 3.8) is 0 Å². The van der Waals surface area contributed by atoms with E-state index in [1.54, 1.807) is 31.3 Å². The van der Waals surface area contributed by atoms with E-state index in [2.05, 4.69) is 0 Å². The zero-order valence-electron chi connectivity index (χ0n) is 16.3. The summed E-state index contributed by atoms with van der Waals surface area (Å²) in [6.07, 6.45) is 0. The molecule has 0 N–H and O–H groups in total. The zero-order valence-corrected chi connectivity index (χ0v) is 17.9. The van der Waals surface area contributed by atoms with Crippen LogP contribution in [0.25, 0.3) is 0 Å².